The number of benzene rings is 2. The third-order valence-electron chi connectivity index (χ3n) is 3.84. The minimum absolute atomic E-state index is 0.0144. The molecular formula is C18H21N3. The van der Waals surface area contributed by atoms with Crippen molar-refractivity contribution in [2.75, 3.05) is 0 Å². The van der Waals surface area contributed by atoms with E-state index in [0.29, 0.717) is 0 Å². The Bertz CT molecular complexity index is 730. The zero-order valence-corrected chi connectivity index (χ0v) is 12.4. The van der Waals surface area contributed by atoms with Crippen LogP contribution in [-0.4, -0.2) is 9.55 Å². The Morgan fingerprint density at radius 1 is 1.14 bits per heavy atom. The van der Waals surface area contributed by atoms with Gasteiger partial charge in [-0.25, -0.2) is 4.98 Å². The van der Waals surface area contributed by atoms with Crippen LogP contribution in [0.4, 0.5) is 0 Å². The van der Waals surface area contributed by atoms with Gasteiger partial charge in [0.25, 0.3) is 0 Å². The lowest BCUT2D eigenvalue weighted by molar-refractivity contribution is 0.588. The van der Waals surface area contributed by atoms with Crippen LogP contribution in [0.15, 0.2) is 54.9 Å². The van der Waals surface area contributed by atoms with Crippen LogP contribution in [0.2, 0.25) is 0 Å². The molecule has 0 fully saturated rings. The largest absolute Gasteiger partial charge is 0.329 e. The molecule has 1 atom stereocenters. The second-order valence-corrected chi connectivity index (χ2v) is 5.49. The Morgan fingerprint density at radius 2 is 2.00 bits per heavy atom. The fraction of sp³-hybridized carbons (Fsp3) is 0.278. The number of fused-ring (bicyclic) bond motifs is 1. The van der Waals surface area contributed by atoms with Crippen molar-refractivity contribution in [1.82, 2.24) is 9.55 Å². The average Bonchev–Trinajstić information content (AvgIpc) is 2.91. The number of nitrogens with two attached hydrogens (primary N) is 1. The zero-order chi connectivity index (χ0) is 14.7. The highest BCUT2D eigenvalue weighted by Crippen LogP contribution is 2.18. The van der Waals surface area contributed by atoms with E-state index in [-0.39, 0.29) is 6.04 Å². The molecule has 1 aromatic heterocycles. The molecule has 21 heavy (non-hydrogen) atoms. The molecule has 0 aliphatic rings. The second kappa shape index (κ2) is 6.10. The summed E-state index contributed by atoms with van der Waals surface area (Å²) in [5.74, 6) is 0. The summed E-state index contributed by atoms with van der Waals surface area (Å²) in [5.41, 5.74) is 11.1. The Hall–Kier alpha value is -2.13. The van der Waals surface area contributed by atoms with Crippen LogP contribution in [0.3, 0.4) is 0 Å². The summed E-state index contributed by atoms with van der Waals surface area (Å²) in [4.78, 5) is 4.42. The topological polar surface area (TPSA) is 43.8 Å². The van der Waals surface area contributed by atoms with E-state index in [1.54, 1.807) is 0 Å². The highest BCUT2D eigenvalue weighted by Gasteiger charge is 2.09. The maximum absolute atomic E-state index is 6.39. The zero-order valence-electron chi connectivity index (χ0n) is 12.4. The Labute approximate surface area is 125 Å². The number of aromatic nitrogens is 2. The highest BCUT2D eigenvalue weighted by molar-refractivity contribution is 5.74. The molecule has 3 aromatic rings. The summed E-state index contributed by atoms with van der Waals surface area (Å²) in [6.45, 7) is 2.94. The van der Waals surface area contributed by atoms with Crippen molar-refractivity contribution in [2.45, 2.75) is 32.4 Å². The number of para-hydroxylation sites is 2. The SMILES string of the molecule is CCCc1cccc(C(N)Cn2cnc3ccccc32)c1. The standard InChI is InChI=1S/C18H21N3/c1-2-6-14-7-5-8-15(11-14)16(19)12-21-13-20-17-9-3-4-10-18(17)21/h3-5,7-11,13,16H,2,6,12,19H2,1H3. The van der Waals surface area contributed by atoms with Crippen LogP contribution in [-0.2, 0) is 13.0 Å². The van der Waals surface area contributed by atoms with E-state index < -0.39 is 0 Å². The highest BCUT2D eigenvalue weighted by atomic mass is 15.1. The van der Waals surface area contributed by atoms with Gasteiger partial charge in [-0.2, -0.15) is 0 Å². The van der Waals surface area contributed by atoms with Gasteiger partial charge in [-0.15, -0.1) is 0 Å². The average molecular weight is 279 g/mol. The predicted octanol–water partition coefficient (Wildman–Crippen LogP) is 3.69. The molecule has 3 heteroatoms. The monoisotopic (exact) mass is 279 g/mol. The third-order valence-corrected chi connectivity index (χ3v) is 3.84. The summed E-state index contributed by atoms with van der Waals surface area (Å²) < 4.78 is 2.13. The first kappa shape index (κ1) is 13.8. The fourth-order valence-corrected chi connectivity index (χ4v) is 2.74. The van der Waals surface area contributed by atoms with Gasteiger partial charge in [0.05, 0.1) is 17.4 Å². The maximum atomic E-state index is 6.39. The van der Waals surface area contributed by atoms with Crippen molar-refractivity contribution >= 4 is 11.0 Å². The predicted molar refractivity (Wildman–Crippen MR) is 87.1 cm³/mol. The third kappa shape index (κ3) is 2.98. The molecule has 0 aliphatic carbocycles. The molecule has 2 N–H and O–H groups in total. The van der Waals surface area contributed by atoms with E-state index in [4.69, 9.17) is 5.73 Å². The van der Waals surface area contributed by atoms with Gasteiger partial charge >= 0.3 is 0 Å². The molecule has 108 valence electrons. The molecule has 0 saturated carbocycles. The second-order valence-electron chi connectivity index (χ2n) is 5.49. The van der Waals surface area contributed by atoms with Crippen molar-refractivity contribution < 1.29 is 0 Å². The van der Waals surface area contributed by atoms with Crippen molar-refractivity contribution in [3.05, 3.63) is 66.0 Å². The van der Waals surface area contributed by atoms with E-state index in [1.165, 1.54) is 11.1 Å². The van der Waals surface area contributed by atoms with Gasteiger partial charge in [0.1, 0.15) is 0 Å². The quantitative estimate of drug-likeness (QED) is 0.774. The summed E-state index contributed by atoms with van der Waals surface area (Å²) in [7, 11) is 0. The van der Waals surface area contributed by atoms with E-state index in [9.17, 15) is 0 Å². The first-order valence-corrected chi connectivity index (χ1v) is 7.52. The summed E-state index contributed by atoms with van der Waals surface area (Å²) >= 11 is 0. The Morgan fingerprint density at radius 3 is 2.86 bits per heavy atom. The van der Waals surface area contributed by atoms with Gasteiger partial charge in [-0.3, -0.25) is 0 Å². The van der Waals surface area contributed by atoms with Crippen LogP contribution in [0.5, 0.6) is 0 Å². The van der Waals surface area contributed by atoms with Crippen molar-refractivity contribution in [2.24, 2.45) is 5.73 Å². The number of aryl methyl sites for hydroxylation is 1. The summed E-state index contributed by atoms with van der Waals surface area (Å²) in [6.07, 6.45) is 4.14. The molecule has 0 aliphatic heterocycles. The van der Waals surface area contributed by atoms with Gasteiger partial charge in [-0.05, 0) is 29.7 Å². The molecular weight excluding hydrogens is 258 g/mol. The van der Waals surface area contributed by atoms with Gasteiger partial charge in [0.2, 0.25) is 0 Å². The molecule has 0 radical (unpaired) electrons. The smallest absolute Gasteiger partial charge is 0.0958 e. The number of rotatable bonds is 5. The van der Waals surface area contributed by atoms with Crippen LogP contribution in [0.1, 0.15) is 30.5 Å². The molecule has 0 spiro atoms. The molecule has 3 nitrogen and oxygen atoms in total. The first-order chi connectivity index (χ1) is 10.3. The Balaban J connectivity index is 1.82. The molecule has 0 saturated heterocycles. The molecule has 0 bridgehead atoms. The lowest BCUT2D eigenvalue weighted by Gasteiger charge is -2.14. The minimum Gasteiger partial charge on any atom is -0.329 e. The normalized spacial score (nSPS) is 12.7. The number of hydrogen-bond acceptors (Lipinski definition) is 2. The Kier molecular flexibility index (Phi) is 4.02. The van der Waals surface area contributed by atoms with Crippen LogP contribution >= 0.6 is 0 Å². The van der Waals surface area contributed by atoms with Gasteiger partial charge in [-0.1, -0.05) is 49.7 Å². The van der Waals surface area contributed by atoms with E-state index >= 15 is 0 Å². The molecule has 2 aromatic carbocycles. The lowest BCUT2D eigenvalue weighted by atomic mass is 10.0. The summed E-state index contributed by atoms with van der Waals surface area (Å²) in [5, 5.41) is 0. The van der Waals surface area contributed by atoms with E-state index in [2.05, 4.69) is 46.8 Å². The minimum atomic E-state index is -0.0144. The molecule has 1 heterocycles. The van der Waals surface area contributed by atoms with Crippen LogP contribution < -0.4 is 5.73 Å². The van der Waals surface area contributed by atoms with Crippen LogP contribution in [0, 0.1) is 0 Å². The van der Waals surface area contributed by atoms with Crippen molar-refractivity contribution in [3.63, 3.8) is 0 Å². The molecule has 0 amide bonds. The van der Waals surface area contributed by atoms with Gasteiger partial charge in [0.15, 0.2) is 0 Å². The van der Waals surface area contributed by atoms with Gasteiger partial charge < -0.3 is 10.3 Å². The lowest BCUT2D eigenvalue weighted by Crippen LogP contribution is -2.17. The number of nitrogens with zero attached hydrogens (tertiary/aromatic N) is 2. The molecule has 1 unspecified atom stereocenters. The van der Waals surface area contributed by atoms with Gasteiger partial charge in [0, 0.05) is 12.6 Å². The molecule has 3 rings (SSSR count). The van der Waals surface area contributed by atoms with E-state index in [0.717, 1.165) is 30.4 Å². The number of hydrogen-bond donors (Lipinski definition) is 1. The maximum Gasteiger partial charge on any atom is 0.0958 e. The first-order valence-electron chi connectivity index (χ1n) is 7.52. The fourth-order valence-electron chi connectivity index (χ4n) is 2.74. The number of imidazole rings is 1. The van der Waals surface area contributed by atoms with Crippen LogP contribution in [0.25, 0.3) is 11.0 Å². The van der Waals surface area contributed by atoms with Crippen molar-refractivity contribution in [3.8, 4) is 0 Å². The summed E-state index contributed by atoms with van der Waals surface area (Å²) in [6, 6.07) is 16.8. The van der Waals surface area contributed by atoms with Crippen molar-refractivity contribution in [1.29, 1.82) is 0 Å². The van der Waals surface area contributed by atoms with E-state index in [1.807, 2.05) is 24.5 Å².